The Morgan fingerprint density at radius 1 is 1.16 bits per heavy atom. The molecule has 0 heterocycles. The van der Waals surface area contributed by atoms with Crippen LogP contribution in [0.15, 0.2) is 0 Å². The smallest absolute Gasteiger partial charge is 0.271 e. The highest BCUT2D eigenvalue weighted by molar-refractivity contribution is 6.12. The van der Waals surface area contributed by atoms with Gasteiger partial charge in [-0.05, 0) is 6.42 Å². The molecule has 1 unspecified atom stereocenters. The summed E-state index contributed by atoms with van der Waals surface area (Å²) in [6.45, 7) is 2.08. The molecule has 7 heteroatoms. The summed E-state index contributed by atoms with van der Waals surface area (Å²) in [6.07, 6.45) is 4.09. The molecule has 1 atom stereocenters. The third-order valence-electron chi connectivity index (χ3n) is 2.96. The van der Waals surface area contributed by atoms with Crippen molar-refractivity contribution in [2.45, 2.75) is 57.4 Å². The van der Waals surface area contributed by atoms with Crippen molar-refractivity contribution in [2.75, 3.05) is 0 Å². The van der Waals surface area contributed by atoms with E-state index in [-0.39, 0.29) is 6.42 Å². The third kappa shape index (κ3) is 5.80. The fraction of sp³-hybridized carbons (Fsp3) is 0.750. The summed E-state index contributed by atoms with van der Waals surface area (Å²) in [5, 5.41) is 8.59. The van der Waals surface area contributed by atoms with Crippen LogP contribution in [0.25, 0.3) is 0 Å². The second-order valence-electron chi connectivity index (χ2n) is 4.64. The summed E-state index contributed by atoms with van der Waals surface area (Å²) in [5.74, 6) is -2.57. The second kappa shape index (κ2) is 8.60. The fourth-order valence-corrected chi connectivity index (χ4v) is 1.79. The Hall–Kier alpha value is -1.47. The number of carbonyl (C=O) groups excluding carboxylic acids is 3. The van der Waals surface area contributed by atoms with Gasteiger partial charge in [0.05, 0.1) is 6.42 Å². The molecule has 0 radical (unpaired) electrons. The molecule has 0 spiro atoms. The quantitative estimate of drug-likeness (QED) is 0.192. The van der Waals surface area contributed by atoms with Crippen molar-refractivity contribution in [3.8, 4) is 0 Å². The molecule has 0 aromatic carbocycles. The molecule has 19 heavy (non-hydrogen) atoms. The van der Waals surface area contributed by atoms with Crippen LogP contribution in [0.5, 0.6) is 0 Å². The highest BCUT2D eigenvalue weighted by Gasteiger charge is 2.42. The first-order valence-corrected chi connectivity index (χ1v) is 6.43. The Morgan fingerprint density at radius 2 is 1.74 bits per heavy atom. The molecule has 0 aliphatic carbocycles. The molecule has 0 rings (SSSR count). The Labute approximate surface area is 112 Å². The number of hydrogen-bond acceptors (Lipinski definition) is 5. The van der Waals surface area contributed by atoms with E-state index < -0.39 is 29.6 Å². The molecule has 0 fully saturated rings. The van der Waals surface area contributed by atoms with Gasteiger partial charge >= 0.3 is 0 Å². The summed E-state index contributed by atoms with van der Waals surface area (Å²) < 4.78 is 0. The van der Waals surface area contributed by atoms with Crippen LogP contribution in [0.4, 0.5) is 0 Å². The van der Waals surface area contributed by atoms with E-state index >= 15 is 0 Å². The number of primary amides is 1. The van der Waals surface area contributed by atoms with Crippen LogP contribution in [0.2, 0.25) is 0 Å². The van der Waals surface area contributed by atoms with Gasteiger partial charge in [0, 0.05) is 6.42 Å². The minimum Gasteiger partial charge on any atom is -0.370 e. The van der Waals surface area contributed by atoms with Crippen LogP contribution in [-0.2, 0) is 14.4 Å². The van der Waals surface area contributed by atoms with Crippen molar-refractivity contribution in [3.63, 3.8) is 0 Å². The molecule has 0 aromatic rings. The van der Waals surface area contributed by atoms with Crippen molar-refractivity contribution in [3.05, 3.63) is 0 Å². The number of nitrogens with two attached hydrogens (primary N) is 2. The van der Waals surface area contributed by atoms with E-state index in [9.17, 15) is 14.4 Å². The molecule has 0 saturated carbocycles. The Balaban J connectivity index is 4.47. The number of hydrogen-bond donors (Lipinski definition) is 4. The van der Waals surface area contributed by atoms with E-state index in [1.165, 1.54) is 5.48 Å². The average Bonchev–Trinajstić information content (AvgIpc) is 2.36. The van der Waals surface area contributed by atoms with Gasteiger partial charge in [-0.15, -0.1) is 0 Å². The van der Waals surface area contributed by atoms with Crippen LogP contribution in [0.3, 0.4) is 0 Å². The molecule has 110 valence electrons. The SMILES string of the molecule is CCCCCCCC(=O)C(N)(CC(N)=O)C(=O)NO. The largest absolute Gasteiger partial charge is 0.370 e. The van der Waals surface area contributed by atoms with Crippen LogP contribution in [-0.4, -0.2) is 28.3 Å². The zero-order chi connectivity index (χ0) is 14.9. The molecule has 0 bridgehead atoms. The summed E-state index contributed by atoms with van der Waals surface area (Å²) in [5.41, 5.74) is 9.82. The van der Waals surface area contributed by atoms with Crippen LogP contribution in [0.1, 0.15) is 51.9 Å². The number of unbranched alkanes of at least 4 members (excludes halogenated alkanes) is 4. The lowest BCUT2D eigenvalue weighted by molar-refractivity contribution is -0.144. The number of rotatable bonds is 10. The van der Waals surface area contributed by atoms with Crippen LogP contribution in [0, 0.1) is 0 Å². The molecule has 2 amide bonds. The molecule has 0 aliphatic rings. The minimum atomic E-state index is -2.08. The van der Waals surface area contributed by atoms with E-state index in [0.29, 0.717) is 6.42 Å². The molecule has 6 N–H and O–H groups in total. The highest BCUT2D eigenvalue weighted by Crippen LogP contribution is 2.14. The number of nitrogens with one attached hydrogen (secondary N) is 1. The van der Waals surface area contributed by atoms with Gasteiger partial charge in [-0.2, -0.15) is 0 Å². The van der Waals surface area contributed by atoms with E-state index in [0.717, 1.165) is 25.7 Å². The van der Waals surface area contributed by atoms with Gasteiger partial charge in [0.25, 0.3) is 5.91 Å². The number of amides is 2. The van der Waals surface area contributed by atoms with Crippen LogP contribution < -0.4 is 16.9 Å². The first-order valence-electron chi connectivity index (χ1n) is 6.43. The van der Waals surface area contributed by atoms with Crippen molar-refractivity contribution < 1.29 is 19.6 Å². The molecule has 7 nitrogen and oxygen atoms in total. The standard InChI is InChI=1S/C12H23N3O4/c1-2-3-4-5-6-7-9(16)12(14,8-10(13)17)11(18)15-19/h19H,2-8,14H2,1H3,(H2,13,17)(H,15,18). The summed E-state index contributed by atoms with van der Waals surface area (Å²) in [7, 11) is 0. The zero-order valence-electron chi connectivity index (χ0n) is 11.3. The maximum atomic E-state index is 11.9. The Morgan fingerprint density at radius 3 is 2.21 bits per heavy atom. The van der Waals surface area contributed by atoms with Gasteiger partial charge in [0.2, 0.25) is 5.91 Å². The normalized spacial score (nSPS) is 13.6. The van der Waals surface area contributed by atoms with Crippen molar-refractivity contribution >= 4 is 17.6 Å². The predicted molar refractivity (Wildman–Crippen MR) is 69.0 cm³/mol. The van der Waals surface area contributed by atoms with Gasteiger partial charge in [0.1, 0.15) is 0 Å². The Kier molecular flexibility index (Phi) is 7.94. The fourth-order valence-electron chi connectivity index (χ4n) is 1.79. The maximum absolute atomic E-state index is 11.9. The third-order valence-corrected chi connectivity index (χ3v) is 2.96. The van der Waals surface area contributed by atoms with E-state index in [1.54, 1.807) is 0 Å². The van der Waals surface area contributed by atoms with Gasteiger partial charge in [-0.1, -0.05) is 32.6 Å². The molecular formula is C12H23N3O4. The Bertz CT molecular complexity index is 333. The summed E-state index contributed by atoms with van der Waals surface area (Å²) in [4.78, 5) is 34.2. The van der Waals surface area contributed by atoms with Crippen molar-refractivity contribution in [2.24, 2.45) is 11.5 Å². The molecule has 0 saturated heterocycles. The van der Waals surface area contributed by atoms with Gasteiger partial charge in [-0.25, -0.2) is 5.48 Å². The lowest BCUT2D eigenvalue weighted by atomic mass is 9.87. The predicted octanol–water partition coefficient (Wildman–Crippen LogP) is -0.00570. The lowest BCUT2D eigenvalue weighted by Gasteiger charge is -2.23. The average molecular weight is 273 g/mol. The zero-order valence-corrected chi connectivity index (χ0v) is 11.3. The number of hydroxylamine groups is 1. The first-order chi connectivity index (χ1) is 8.88. The topological polar surface area (TPSA) is 136 Å². The van der Waals surface area contributed by atoms with Crippen LogP contribution >= 0.6 is 0 Å². The van der Waals surface area contributed by atoms with E-state index in [2.05, 4.69) is 6.92 Å². The van der Waals surface area contributed by atoms with Crippen molar-refractivity contribution in [1.29, 1.82) is 0 Å². The summed E-state index contributed by atoms with van der Waals surface area (Å²) >= 11 is 0. The minimum absolute atomic E-state index is 0.0842. The highest BCUT2D eigenvalue weighted by atomic mass is 16.5. The molecule has 0 aliphatic heterocycles. The number of ketones is 1. The molecule has 0 aromatic heterocycles. The van der Waals surface area contributed by atoms with Gasteiger partial charge in [0.15, 0.2) is 11.3 Å². The first kappa shape index (κ1) is 17.5. The van der Waals surface area contributed by atoms with Gasteiger partial charge in [-0.3, -0.25) is 19.6 Å². The van der Waals surface area contributed by atoms with Crippen molar-refractivity contribution in [1.82, 2.24) is 5.48 Å². The van der Waals surface area contributed by atoms with E-state index in [1.807, 2.05) is 0 Å². The number of carbonyl (C=O) groups is 3. The number of Topliss-reactive ketones (excluding diaryl/α,β-unsaturated/α-hetero) is 1. The lowest BCUT2D eigenvalue weighted by Crippen LogP contribution is -2.60. The van der Waals surface area contributed by atoms with Gasteiger partial charge < -0.3 is 11.5 Å². The monoisotopic (exact) mass is 273 g/mol. The van der Waals surface area contributed by atoms with E-state index in [4.69, 9.17) is 16.7 Å². The maximum Gasteiger partial charge on any atom is 0.271 e. The molecular weight excluding hydrogens is 250 g/mol. The second-order valence-corrected chi connectivity index (χ2v) is 4.64. The summed E-state index contributed by atoms with van der Waals surface area (Å²) in [6, 6.07) is 0.